The van der Waals surface area contributed by atoms with Gasteiger partial charge in [-0.1, -0.05) is 12.2 Å². The normalized spacial score (nSPS) is 27.5. The maximum Gasteiger partial charge on any atom is 0.227 e. The van der Waals surface area contributed by atoms with Crippen molar-refractivity contribution >= 4 is 17.5 Å². The predicted octanol–water partition coefficient (Wildman–Crippen LogP) is 2.43. The van der Waals surface area contributed by atoms with E-state index in [-0.39, 0.29) is 29.7 Å². The third-order valence-electron chi connectivity index (χ3n) is 5.36. The average Bonchev–Trinajstić information content (AvgIpc) is 3.03. The van der Waals surface area contributed by atoms with Crippen LogP contribution >= 0.6 is 0 Å². The summed E-state index contributed by atoms with van der Waals surface area (Å²) in [6, 6.07) is 5.48. The van der Waals surface area contributed by atoms with Gasteiger partial charge in [0.05, 0.1) is 5.92 Å². The van der Waals surface area contributed by atoms with Crippen LogP contribution in [0.25, 0.3) is 0 Å². The van der Waals surface area contributed by atoms with E-state index < -0.39 is 0 Å². The molecule has 6 nitrogen and oxygen atoms in total. The van der Waals surface area contributed by atoms with Crippen molar-refractivity contribution in [3.05, 3.63) is 30.4 Å². The standard InChI is InChI=1S/C20H24N2O4/c1-20(7-3-2-4-8-20)21-19(24)14-11-18(23)22(13-14)15-5-6-16-17(12-15)26-10-9-25-16/h2-3,5-6,12,14H,4,7-11,13H2,1H3,(H,21,24). The van der Waals surface area contributed by atoms with E-state index in [2.05, 4.69) is 24.4 Å². The van der Waals surface area contributed by atoms with Crippen LogP contribution in [0.3, 0.4) is 0 Å². The number of nitrogens with one attached hydrogen (secondary N) is 1. The lowest BCUT2D eigenvalue weighted by Crippen LogP contribution is -2.49. The van der Waals surface area contributed by atoms with Gasteiger partial charge in [-0.15, -0.1) is 0 Å². The Morgan fingerprint density at radius 2 is 2.04 bits per heavy atom. The molecule has 138 valence electrons. The van der Waals surface area contributed by atoms with E-state index in [0.29, 0.717) is 31.3 Å². The first kappa shape index (κ1) is 16.9. The fraction of sp³-hybridized carbons (Fsp3) is 0.500. The predicted molar refractivity (Wildman–Crippen MR) is 97.4 cm³/mol. The number of anilines is 1. The smallest absolute Gasteiger partial charge is 0.227 e. The molecule has 6 heteroatoms. The van der Waals surface area contributed by atoms with Gasteiger partial charge >= 0.3 is 0 Å². The number of ether oxygens (including phenoxy) is 2. The number of hydrogen-bond acceptors (Lipinski definition) is 4. The third-order valence-corrected chi connectivity index (χ3v) is 5.36. The Morgan fingerprint density at radius 3 is 2.81 bits per heavy atom. The molecule has 1 aromatic carbocycles. The molecule has 1 aliphatic carbocycles. The van der Waals surface area contributed by atoms with Gasteiger partial charge in [0.15, 0.2) is 11.5 Å². The van der Waals surface area contributed by atoms with Crippen LogP contribution in [-0.2, 0) is 9.59 Å². The first-order valence-electron chi connectivity index (χ1n) is 9.21. The molecule has 2 amide bonds. The molecule has 2 aliphatic heterocycles. The lowest BCUT2D eigenvalue weighted by Gasteiger charge is -2.33. The van der Waals surface area contributed by atoms with Gasteiger partial charge in [-0.05, 0) is 38.3 Å². The number of carbonyl (C=O) groups is 2. The molecular formula is C20H24N2O4. The van der Waals surface area contributed by atoms with Crippen LogP contribution in [0.5, 0.6) is 11.5 Å². The number of allylic oxidation sites excluding steroid dienone is 1. The van der Waals surface area contributed by atoms with Crippen LogP contribution in [0, 0.1) is 5.92 Å². The van der Waals surface area contributed by atoms with Crippen LogP contribution in [0.4, 0.5) is 5.69 Å². The zero-order valence-electron chi connectivity index (χ0n) is 15.0. The largest absolute Gasteiger partial charge is 0.486 e. The molecule has 2 heterocycles. The highest BCUT2D eigenvalue weighted by Crippen LogP contribution is 2.36. The van der Waals surface area contributed by atoms with Gasteiger partial charge in [-0.2, -0.15) is 0 Å². The van der Waals surface area contributed by atoms with Crippen LogP contribution in [0.15, 0.2) is 30.4 Å². The second-order valence-electron chi connectivity index (χ2n) is 7.50. The summed E-state index contributed by atoms with van der Waals surface area (Å²) >= 11 is 0. The summed E-state index contributed by atoms with van der Waals surface area (Å²) in [7, 11) is 0. The minimum Gasteiger partial charge on any atom is -0.486 e. The van der Waals surface area contributed by atoms with E-state index in [0.717, 1.165) is 24.9 Å². The molecular weight excluding hydrogens is 332 g/mol. The van der Waals surface area contributed by atoms with Crippen LogP contribution in [-0.4, -0.2) is 37.1 Å². The molecule has 0 radical (unpaired) electrons. The molecule has 1 saturated heterocycles. The van der Waals surface area contributed by atoms with Gasteiger partial charge in [0.25, 0.3) is 0 Å². The molecule has 4 rings (SSSR count). The van der Waals surface area contributed by atoms with Crippen LogP contribution < -0.4 is 19.7 Å². The van der Waals surface area contributed by atoms with E-state index in [1.165, 1.54) is 0 Å². The summed E-state index contributed by atoms with van der Waals surface area (Å²) < 4.78 is 11.1. The Hall–Kier alpha value is -2.50. The lowest BCUT2D eigenvalue weighted by atomic mass is 9.87. The van der Waals surface area contributed by atoms with Gasteiger partial charge in [0, 0.05) is 30.3 Å². The number of benzene rings is 1. The van der Waals surface area contributed by atoms with E-state index in [9.17, 15) is 9.59 Å². The van der Waals surface area contributed by atoms with Crippen molar-refractivity contribution in [2.45, 2.75) is 38.1 Å². The molecule has 1 N–H and O–H groups in total. The second-order valence-corrected chi connectivity index (χ2v) is 7.50. The molecule has 0 spiro atoms. The molecule has 3 aliphatic rings. The SMILES string of the molecule is CC1(NC(=O)C2CC(=O)N(c3ccc4c(c3)OCCO4)C2)CC=CCC1. The lowest BCUT2D eigenvalue weighted by molar-refractivity contribution is -0.128. The molecule has 0 aromatic heterocycles. The van der Waals surface area contributed by atoms with Crippen molar-refractivity contribution in [3.8, 4) is 11.5 Å². The van der Waals surface area contributed by atoms with Gasteiger partial charge in [-0.25, -0.2) is 0 Å². The summed E-state index contributed by atoms with van der Waals surface area (Å²) in [6.45, 7) is 3.51. The third kappa shape index (κ3) is 3.28. The fourth-order valence-electron chi connectivity index (χ4n) is 3.81. The number of amides is 2. The van der Waals surface area contributed by atoms with Gasteiger partial charge < -0.3 is 19.7 Å². The highest BCUT2D eigenvalue weighted by molar-refractivity contribution is 6.00. The highest BCUT2D eigenvalue weighted by Gasteiger charge is 2.38. The van der Waals surface area contributed by atoms with E-state index in [4.69, 9.17) is 9.47 Å². The number of rotatable bonds is 3. The molecule has 0 bridgehead atoms. The molecule has 26 heavy (non-hydrogen) atoms. The van der Waals surface area contributed by atoms with E-state index in [1.54, 1.807) is 4.90 Å². The summed E-state index contributed by atoms with van der Waals surface area (Å²) in [5.74, 6) is 0.959. The maximum atomic E-state index is 12.7. The van der Waals surface area contributed by atoms with Crippen LogP contribution in [0.1, 0.15) is 32.6 Å². The van der Waals surface area contributed by atoms with Crippen molar-refractivity contribution in [1.29, 1.82) is 0 Å². The Kier molecular flexibility index (Phi) is 4.34. The second kappa shape index (κ2) is 6.67. The molecule has 1 aromatic rings. The Morgan fingerprint density at radius 1 is 1.23 bits per heavy atom. The minimum absolute atomic E-state index is 0.0313. The summed E-state index contributed by atoms with van der Waals surface area (Å²) in [6.07, 6.45) is 7.25. The summed E-state index contributed by atoms with van der Waals surface area (Å²) in [5.41, 5.74) is 0.542. The first-order chi connectivity index (χ1) is 12.5. The summed E-state index contributed by atoms with van der Waals surface area (Å²) in [5, 5.41) is 3.17. The number of nitrogens with zero attached hydrogens (tertiary/aromatic N) is 1. The summed E-state index contributed by atoms with van der Waals surface area (Å²) in [4.78, 5) is 26.9. The van der Waals surface area contributed by atoms with Crippen molar-refractivity contribution in [2.75, 3.05) is 24.7 Å². The first-order valence-corrected chi connectivity index (χ1v) is 9.21. The topological polar surface area (TPSA) is 67.9 Å². The van der Waals surface area contributed by atoms with Crippen molar-refractivity contribution in [2.24, 2.45) is 5.92 Å². The number of hydrogen-bond donors (Lipinski definition) is 1. The molecule has 0 saturated carbocycles. The van der Waals surface area contributed by atoms with E-state index in [1.807, 2.05) is 18.2 Å². The molecule has 2 atom stereocenters. The fourth-order valence-corrected chi connectivity index (χ4v) is 3.81. The van der Waals surface area contributed by atoms with Crippen molar-refractivity contribution in [3.63, 3.8) is 0 Å². The van der Waals surface area contributed by atoms with Crippen LogP contribution in [0.2, 0.25) is 0 Å². The average molecular weight is 356 g/mol. The van der Waals surface area contributed by atoms with E-state index >= 15 is 0 Å². The van der Waals surface area contributed by atoms with Gasteiger partial charge in [0.1, 0.15) is 13.2 Å². The Bertz CT molecular complexity index is 760. The van der Waals surface area contributed by atoms with Gasteiger partial charge in [0.2, 0.25) is 11.8 Å². The van der Waals surface area contributed by atoms with Crippen molar-refractivity contribution in [1.82, 2.24) is 5.32 Å². The highest BCUT2D eigenvalue weighted by atomic mass is 16.6. The number of fused-ring (bicyclic) bond motifs is 1. The van der Waals surface area contributed by atoms with Crippen molar-refractivity contribution < 1.29 is 19.1 Å². The van der Waals surface area contributed by atoms with Gasteiger partial charge in [-0.3, -0.25) is 9.59 Å². The zero-order chi connectivity index (χ0) is 18.1. The Balaban J connectivity index is 1.45. The molecule has 2 unspecified atom stereocenters. The minimum atomic E-state index is -0.321. The maximum absolute atomic E-state index is 12.7. The zero-order valence-corrected chi connectivity index (χ0v) is 15.0. The quantitative estimate of drug-likeness (QED) is 0.845. The monoisotopic (exact) mass is 356 g/mol. The number of carbonyl (C=O) groups excluding carboxylic acids is 2. The Labute approximate surface area is 153 Å². The molecule has 1 fully saturated rings.